The van der Waals surface area contributed by atoms with Crippen molar-refractivity contribution in [3.05, 3.63) is 304 Å². The predicted octanol–water partition coefficient (Wildman–Crippen LogP) is 24.2. The quantitative estimate of drug-likeness (QED) is 0.158. The molecule has 0 N–H and O–H groups in total. The number of rotatable bonds is 7. The van der Waals surface area contributed by atoms with Crippen LogP contribution >= 0.6 is 22.7 Å². The van der Waals surface area contributed by atoms with E-state index in [4.69, 9.17) is 29.9 Å². The highest BCUT2D eigenvalue weighted by atomic mass is 32.1. The van der Waals surface area contributed by atoms with Gasteiger partial charge in [-0.25, -0.2) is 29.9 Å². The summed E-state index contributed by atoms with van der Waals surface area (Å²) < 4.78 is 10.0. The van der Waals surface area contributed by atoms with E-state index >= 15 is 0 Å². The van der Waals surface area contributed by atoms with Crippen LogP contribution in [0, 0.1) is 0 Å². The highest BCUT2D eigenvalue weighted by molar-refractivity contribution is 7.27. The Balaban J connectivity index is 0.720. The number of hydrogen-bond donors (Lipinski definition) is 0. The van der Waals surface area contributed by atoms with Crippen LogP contribution in [-0.4, -0.2) is 39.0 Å². The van der Waals surface area contributed by atoms with Gasteiger partial charge in [0.2, 0.25) is 0 Å². The second-order valence-corrected chi connectivity index (χ2v) is 28.1. The van der Waals surface area contributed by atoms with E-state index < -0.39 is 0 Å². The Morgan fingerprint density at radius 1 is 0.260 bits per heavy atom. The molecular weight excluding hydrogens is 1260 g/mol. The Morgan fingerprint density at radius 2 is 0.730 bits per heavy atom. The fourth-order valence-corrected chi connectivity index (χ4v) is 18.6. The normalized spacial score (nSPS) is 12.2. The summed E-state index contributed by atoms with van der Waals surface area (Å²) in [5.74, 6) is 1.26. The molecule has 0 fully saturated rings. The second kappa shape index (κ2) is 21.3. The van der Waals surface area contributed by atoms with Crippen LogP contribution in [0.5, 0.6) is 0 Å². The molecule has 0 radical (unpaired) electrons. The van der Waals surface area contributed by atoms with Crippen molar-refractivity contribution in [2.75, 3.05) is 0 Å². The minimum atomic E-state index is 0.627. The summed E-state index contributed by atoms with van der Waals surface area (Å²) in [6.07, 6.45) is 3.62. The largest absolute Gasteiger partial charge is 0.308 e. The molecule has 0 aliphatic carbocycles. The van der Waals surface area contributed by atoms with Crippen molar-refractivity contribution >= 4 is 172 Å². The highest BCUT2D eigenvalue weighted by Crippen LogP contribution is 2.52. The molecule has 0 atom stereocenters. The summed E-state index contributed by atoms with van der Waals surface area (Å²) in [6, 6.07) is 106. The molecule has 0 saturated heterocycles. The molecule has 0 spiro atoms. The molecule has 0 amide bonds. The summed E-state index contributed by atoms with van der Waals surface area (Å²) in [4.78, 5) is 30.5. The van der Waals surface area contributed by atoms with Gasteiger partial charge < -0.3 is 9.13 Å². The average molecular weight is 1310 g/mol. The van der Waals surface area contributed by atoms with Gasteiger partial charge in [-0.15, -0.1) is 22.7 Å². The van der Waals surface area contributed by atoms with E-state index in [1.165, 1.54) is 99.9 Å². The van der Waals surface area contributed by atoms with Crippen LogP contribution in [0.2, 0.25) is 0 Å². The first-order valence-electron chi connectivity index (χ1n) is 33.6. The number of thiophene rings is 2. The van der Waals surface area contributed by atoms with Crippen LogP contribution < -0.4 is 0 Å². The first kappa shape index (κ1) is 55.3. The standard InChI is InChI=1S/C90H50N8S2/c1-2-18-55-48-58(33-32-51(55)16-1)81-70-28-14-46-91-89(70)95-87(93-81)53-34-40-59(41-35-53)97-73-30-11-9-25-67(73)77-63-22-6-8-24-65(63)80-72-49-56(39-45-76(72)100-86(80)83(77)97)57-38-44-68-74(50-57)98(84-78(68)62-21-5-7-23-64(62)79-69-26-10-12-31-75(69)99-85(79)84)60-42-36-54(37-43-60)88-94-82(71-29-15-47-92-90(71)96-88)66-27-13-19-52-17-3-4-20-61(52)66/h1-50H. The molecule has 8 heterocycles. The number of hydrogen-bond acceptors (Lipinski definition) is 8. The number of para-hydroxylation sites is 1. The maximum absolute atomic E-state index is 5.40. The number of benzene rings is 14. The third-order valence-corrected chi connectivity index (χ3v) is 23.0. The molecule has 462 valence electrons. The van der Waals surface area contributed by atoms with Gasteiger partial charge in [0.15, 0.2) is 22.9 Å². The zero-order chi connectivity index (χ0) is 65.3. The number of pyridine rings is 2. The zero-order valence-corrected chi connectivity index (χ0v) is 54.9. The van der Waals surface area contributed by atoms with Gasteiger partial charge in [-0.3, -0.25) is 0 Å². The molecule has 8 nitrogen and oxygen atoms in total. The molecule has 14 aromatic carbocycles. The number of fused-ring (bicyclic) bond motifs is 24. The lowest BCUT2D eigenvalue weighted by Gasteiger charge is -2.13. The van der Waals surface area contributed by atoms with E-state index in [-0.39, 0.29) is 0 Å². The van der Waals surface area contributed by atoms with Crippen LogP contribution in [0.1, 0.15) is 0 Å². The summed E-state index contributed by atoms with van der Waals surface area (Å²) in [7, 11) is 0. The van der Waals surface area contributed by atoms with E-state index in [0.29, 0.717) is 22.9 Å². The molecule has 10 heteroatoms. The van der Waals surface area contributed by atoms with Crippen LogP contribution in [0.3, 0.4) is 0 Å². The van der Waals surface area contributed by atoms with Crippen molar-refractivity contribution in [1.29, 1.82) is 0 Å². The van der Waals surface area contributed by atoms with Gasteiger partial charge in [-0.2, -0.15) is 0 Å². The van der Waals surface area contributed by atoms with E-state index in [2.05, 4.69) is 288 Å². The van der Waals surface area contributed by atoms with Gasteiger partial charge in [-0.1, -0.05) is 182 Å². The lowest BCUT2D eigenvalue weighted by molar-refractivity contribution is 1.17. The lowest BCUT2D eigenvalue weighted by atomic mass is 9.96. The Hall–Kier alpha value is -12.9. The summed E-state index contributed by atoms with van der Waals surface area (Å²) >= 11 is 3.76. The minimum Gasteiger partial charge on any atom is -0.308 e. The Morgan fingerprint density at radius 3 is 1.41 bits per heavy atom. The molecule has 0 unspecified atom stereocenters. The minimum absolute atomic E-state index is 0.627. The van der Waals surface area contributed by atoms with Crippen molar-refractivity contribution in [3.63, 3.8) is 0 Å². The first-order valence-corrected chi connectivity index (χ1v) is 35.3. The summed E-state index contributed by atoms with van der Waals surface area (Å²) in [6.45, 7) is 0. The van der Waals surface area contributed by atoms with Crippen molar-refractivity contribution in [2.45, 2.75) is 0 Å². The molecule has 22 aromatic rings. The molecular formula is C90H50N8S2. The first-order chi connectivity index (χ1) is 49.6. The van der Waals surface area contributed by atoms with Gasteiger partial charge in [0, 0.05) is 109 Å². The molecule has 8 aromatic heterocycles. The van der Waals surface area contributed by atoms with E-state index in [1.54, 1.807) is 0 Å². The molecule has 0 aliphatic heterocycles. The zero-order valence-electron chi connectivity index (χ0n) is 53.3. The van der Waals surface area contributed by atoms with Crippen LogP contribution in [-0.2, 0) is 0 Å². The van der Waals surface area contributed by atoms with Crippen molar-refractivity contribution in [3.8, 4) is 67.8 Å². The number of aromatic nitrogens is 8. The third kappa shape index (κ3) is 8.14. The molecule has 0 bridgehead atoms. The summed E-state index contributed by atoms with van der Waals surface area (Å²) in [5, 5.41) is 21.4. The van der Waals surface area contributed by atoms with E-state index in [0.717, 1.165) is 94.1 Å². The van der Waals surface area contributed by atoms with Gasteiger partial charge in [0.05, 0.1) is 42.9 Å². The van der Waals surface area contributed by atoms with Crippen molar-refractivity contribution in [2.24, 2.45) is 0 Å². The Bertz CT molecular complexity index is 7280. The van der Waals surface area contributed by atoms with Gasteiger partial charge >= 0.3 is 0 Å². The van der Waals surface area contributed by atoms with Crippen molar-refractivity contribution in [1.82, 2.24) is 39.0 Å². The maximum Gasteiger partial charge on any atom is 0.163 e. The van der Waals surface area contributed by atoms with Crippen molar-refractivity contribution < 1.29 is 0 Å². The lowest BCUT2D eigenvalue weighted by Crippen LogP contribution is -1.98. The monoisotopic (exact) mass is 1310 g/mol. The van der Waals surface area contributed by atoms with Gasteiger partial charge in [0.25, 0.3) is 0 Å². The molecule has 22 rings (SSSR count). The van der Waals surface area contributed by atoms with Gasteiger partial charge in [0.1, 0.15) is 0 Å². The third-order valence-electron chi connectivity index (χ3n) is 20.6. The predicted molar refractivity (Wildman–Crippen MR) is 420 cm³/mol. The van der Waals surface area contributed by atoms with E-state index in [1.807, 2.05) is 47.2 Å². The van der Waals surface area contributed by atoms with Crippen LogP contribution in [0.4, 0.5) is 0 Å². The fourth-order valence-electron chi connectivity index (χ4n) is 16.1. The topological polar surface area (TPSA) is 87.2 Å². The smallest absolute Gasteiger partial charge is 0.163 e. The highest BCUT2D eigenvalue weighted by Gasteiger charge is 2.26. The Kier molecular flexibility index (Phi) is 11.8. The molecule has 0 aliphatic rings. The second-order valence-electron chi connectivity index (χ2n) is 26.0. The molecule has 100 heavy (non-hydrogen) atoms. The van der Waals surface area contributed by atoms with Crippen LogP contribution in [0.25, 0.3) is 217 Å². The Labute approximate surface area is 578 Å². The fraction of sp³-hybridized carbons (Fsp3) is 0. The number of nitrogens with zero attached hydrogens (tertiary/aromatic N) is 8. The SMILES string of the molecule is c1ccc2cc(-c3nc(-c4ccc(-n5c6ccccc6c6c7ccccc7c7c8cc(-c9ccc%10c%11c%12ccccc%12c%12c%13ccccc%13sc%12c%11n(-c%11ccc(-c%12nc(-c%13cccc%14ccccc%13%14)c%13cccnc%13n%12)cc%11)c%10c9)ccc8sc7c65)cc4)nc4ncccc34)ccc2c1. The summed E-state index contributed by atoms with van der Waals surface area (Å²) in [5.41, 5.74) is 16.0. The van der Waals surface area contributed by atoms with Gasteiger partial charge in [-0.05, 0) is 163 Å². The van der Waals surface area contributed by atoms with Crippen LogP contribution in [0.15, 0.2) is 304 Å². The average Bonchev–Trinajstić information content (AvgIpc) is 1.54. The van der Waals surface area contributed by atoms with E-state index in [9.17, 15) is 0 Å². The maximum atomic E-state index is 5.40. The molecule has 0 saturated carbocycles.